The van der Waals surface area contributed by atoms with Crippen LogP contribution in [0, 0.1) is 29.1 Å². The first-order valence-electron chi connectivity index (χ1n) is 9.11. The molecule has 0 amide bonds. The van der Waals surface area contributed by atoms with Crippen LogP contribution in [0.5, 0.6) is 0 Å². The second kappa shape index (κ2) is 6.18. The normalized spacial score (nSPS) is 42.3. The van der Waals surface area contributed by atoms with Crippen LogP contribution in [-0.4, -0.2) is 5.78 Å². The van der Waals surface area contributed by atoms with E-state index in [4.69, 9.17) is 0 Å². The average Bonchev–Trinajstić information content (AvgIpc) is 2.58. The molecular formula is C21H30O. The van der Waals surface area contributed by atoms with Gasteiger partial charge in [0.1, 0.15) is 0 Å². The monoisotopic (exact) mass is 298 g/mol. The van der Waals surface area contributed by atoms with Crippen molar-refractivity contribution < 1.29 is 4.79 Å². The van der Waals surface area contributed by atoms with E-state index in [1.165, 1.54) is 44.1 Å². The van der Waals surface area contributed by atoms with E-state index in [9.17, 15) is 4.79 Å². The molecule has 2 fully saturated rings. The zero-order valence-corrected chi connectivity index (χ0v) is 14.2. The summed E-state index contributed by atoms with van der Waals surface area (Å²) >= 11 is 0. The Morgan fingerprint density at radius 1 is 1.23 bits per heavy atom. The molecule has 120 valence electrons. The minimum Gasteiger partial charge on any atom is -0.290 e. The summed E-state index contributed by atoms with van der Waals surface area (Å²) in [6.07, 6.45) is 17.1. The molecule has 0 saturated heterocycles. The minimum absolute atomic E-state index is 0.124. The van der Waals surface area contributed by atoms with Crippen molar-refractivity contribution in [3.63, 3.8) is 0 Å². The molecule has 3 aliphatic carbocycles. The Hall–Kier alpha value is -1.11. The van der Waals surface area contributed by atoms with E-state index in [2.05, 4.69) is 32.6 Å². The van der Waals surface area contributed by atoms with Gasteiger partial charge >= 0.3 is 0 Å². The Kier molecular flexibility index (Phi) is 4.43. The van der Waals surface area contributed by atoms with Crippen LogP contribution in [0.3, 0.4) is 0 Å². The van der Waals surface area contributed by atoms with Gasteiger partial charge in [0.25, 0.3) is 0 Å². The summed E-state index contributed by atoms with van der Waals surface area (Å²) in [4.78, 5) is 11.8. The van der Waals surface area contributed by atoms with Crippen LogP contribution in [0.15, 0.2) is 36.5 Å². The van der Waals surface area contributed by atoms with Gasteiger partial charge in [0.15, 0.2) is 5.78 Å². The molecule has 0 aromatic carbocycles. The van der Waals surface area contributed by atoms with Gasteiger partial charge in [0.05, 0.1) is 0 Å². The average molecular weight is 298 g/mol. The number of rotatable bonds is 1. The highest BCUT2D eigenvalue weighted by atomic mass is 16.1. The molecule has 0 aromatic rings. The van der Waals surface area contributed by atoms with E-state index < -0.39 is 0 Å². The molecule has 0 heterocycles. The smallest absolute Gasteiger partial charge is 0.178 e. The van der Waals surface area contributed by atoms with E-state index >= 15 is 0 Å². The summed E-state index contributed by atoms with van der Waals surface area (Å²) < 4.78 is 0. The van der Waals surface area contributed by atoms with E-state index in [0.717, 1.165) is 18.3 Å². The highest BCUT2D eigenvalue weighted by Crippen LogP contribution is 2.55. The van der Waals surface area contributed by atoms with E-state index in [-0.39, 0.29) is 11.2 Å². The van der Waals surface area contributed by atoms with Crippen molar-refractivity contribution in [3.8, 4) is 0 Å². The van der Waals surface area contributed by atoms with Crippen molar-refractivity contribution in [3.05, 3.63) is 36.5 Å². The first kappa shape index (κ1) is 15.8. The van der Waals surface area contributed by atoms with Gasteiger partial charge in [-0.05, 0) is 74.3 Å². The number of ketones is 1. The molecule has 0 bridgehead atoms. The number of allylic oxidation sites excluding steroid dienone is 5. The predicted octanol–water partition coefficient (Wildman–Crippen LogP) is 5.49. The van der Waals surface area contributed by atoms with Gasteiger partial charge in [-0.1, -0.05) is 38.0 Å². The second-order valence-corrected chi connectivity index (χ2v) is 7.98. The van der Waals surface area contributed by atoms with Crippen molar-refractivity contribution in [2.45, 2.75) is 58.8 Å². The third kappa shape index (κ3) is 2.75. The second-order valence-electron chi connectivity index (χ2n) is 7.98. The maximum atomic E-state index is 11.8. The number of hydrogen-bond donors (Lipinski definition) is 0. The number of carbonyl (C=O) groups is 1. The zero-order valence-electron chi connectivity index (χ0n) is 14.2. The largest absolute Gasteiger partial charge is 0.290 e. The number of hydrogen-bond acceptors (Lipinski definition) is 1. The van der Waals surface area contributed by atoms with Crippen molar-refractivity contribution in [2.75, 3.05) is 0 Å². The predicted molar refractivity (Wildman–Crippen MR) is 92.5 cm³/mol. The zero-order chi connectivity index (χ0) is 15.7. The standard InChI is InChI=1S/C21H30O/c1-4-16-6-5-7-20-19(15(2)8-9-16)11-10-17-14-18(22)12-13-21(17,20)3/h4,12-16,19-20H,1,5-11H2,2-3H3/t15?,16-,19?,20?,21+/m1/s1. The van der Waals surface area contributed by atoms with Crippen LogP contribution in [-0.2, 0) is 4.79 Å². The van der Waals surface area contributed by atoms with Crippen LogP contribution in [0.2, 0.25) is 0 Å². The number of carbonyl (C=O) groups excluding carboxylic acids is 1. The number of fused-ring (bicyclic) bond motifs is 3. The summed E-state index contributed by atoms with van der Waals surface area (Å²) in [7, 11) is 0. The van der Waals surface area contributed by atoms with Gasteiger partial charge in [0.2, 0.25) is 0 Å². The fourth-order valence-corrected chi connectivity index (χ4v) is 5.27. The molecule has 3 unspecified atom stereocenters. The third-order valence-corrected chi connectivity index (χ3v) is 6.78. The van der Waals surface area contributed by atoms with E-state index in [0.29, 0.717) is 11.8 Å². The summed E-state index contributed by atoms with van der Waals surface area (Å²) in [6.45, 7) is 8.87. The lowest BCUT2D eigenvalue weighted by atomic mass is 9.55. The van der Waals surface area contributed by atoms with E-state index in [1.54, 1.807) is 0 Å². The van der Waals surface area contributed by atoms with Crippen molar-refractivity contribution >= 4 is 5.78 Å². The van der Waals surface area contributed by atoms with Crippen LogP contribution in [0.1, 0.15) is 58.8 Å². The van der Waals surface area contributed by atoms with Crippen LogP contribution >= 0.6 is 0 Å². The van der Waals surface area contributed by atoms with Crippen molar-refractivity contribution in [1.29, 1.82) is 0 Å². The molecule has 0 N–H and O–H groups in total. The molecule has 3 rings (SSSR count). The first-order valence-corrected chi connectivity index (χ1v) is 9.11. The van der Waals surface area contributed by atoms with Gasteiger partial charge in [-0.3, -0.25) is 4.79 Å². The third-order valence-electron chi connectivity index (χ3n) is 6.78. The van der Waals surface area contributed by atoms with E-state index in [1.807, 2.05) is 12.2 Å². The highest BCUT2D eigenvalue weighted by molar-refractivity contribution is 6.01. The Labute approximate surface area is 135 Å². The Morgan fingerprint density at radius 2 is 2.05 bits per heavy atom. The SMILES string of the molecule is C=C[C@@H]1CCCC2C(CCC3=CC(=O)C=C[C@@]32C)C(C)CC1. The van der Waals surface area contributed by atoms with Crippen molar-refractivity contribution in [1.82, 2.24) is 0 Å². The molecular weight excluding hydrogens is 268 g/mol. The molecule has 5 atom stereocenters. The molecule has 0 radical (unpaired) electrons. The molecule has 3 aliphatic rings. The molecule has 1 heteroatoms. The Balaban J connectivity index is 1.89. The molecule has 0 spiro atoms. The molecule has 0 aromatic heterocycles. The topological polar surface area (TPSA) is 17.1 Å². The van der Waals surface area contributed by atoms with Gasteiger partial charge in [0, 0.05) is 5.41 Å². The molecule has 2 saturated carbocycles. The molecule has 0 aliphatic heterocycles. The summed E-state index contributed by atoms with van der Waals surface area (Å²) in [6, 6.07) is 0. The lowest BCUT2D eigenvalue weighted by Crippen LogP contribution is -2.41. The van der Waals surface area contributed by atoms with Crippen LogP contribution in [0.25, 0.3) is 0 Å². The molecule has 22 heavy (non-hydrogen) atoms. The van der Waals surface area contributed by atoms with Gasteiger partial charge in [-0.25, -0.2) is 0 Å². The Bertz CT molecular complexity index is 512. The van der Waals surface area contributed by atoms with Crippen LogP contribution in [0.4, 0.5) is 0 Å². The highest BCUT2D eigenvalue weighted by Gasteiger charge is 2.46. The maximum Gasteiger partial charge on any atom is 0.178 e. The molecule has 1 nitrogen and oxygen atoms in total. The fourth-order valence-electron chi connectivity index (χ4n) is 5.27. The van der Waals surface area contributed by atoms with Gasteiger partial charge in [-0.15, -0.1) is 6.58 Å². The van der Waals surface area contributed by atoms with Crippen molar-refractivity contribution in [2.24, 2.45) is 29.1 Å². The van der Waals surface area contributed by atoms with Gasteiger partial charge in [-0.2, -0.15) is 0 Å². The fraction of sp³-hybridized carbons (Fsp3) is 0.667. The van der Waals surface area contributed by atoms with Gasteiger partial charge < -0.3 is 0 Å². The maximum absolute atomic E-state index is 11.8. The lowest BCUT2D eigenvalue weighted by molar-refractivity contribution is -0.110. The quantitative estimate of drug-likeness (QED) is 0.585. The van der Waals surface area contributed by atoms with Crippen LogP contribution < -0.4 is 0 Å². The minimum atomic E-state index is 0.124. The summed E-state index contributed by atoms with van der Waals surface area (Å²) in [5, 5.41) is 0. The first-order chi connectivity index (χ1) is 10.5. The summed E-state index contributed by atoms with van der Waals surface area (Å²) in [5.74, 6) is 3.19. The Morgan fingerprint density at radius 3 is 2.82 bits per heavy atom. The lowest BCUT2D eigenvalue weighted by Gasteiger charge is -2.49. The summed E-state index contributed by atoms with van der Waals surface area (Å²) in [5.41, 5.74) is 1.52.